The Labute approximate surface area is 131 Å². The number of carbonyl (C=O) groups is 1. The van der Waals surface area contributed by atoms with Crippen molar-refractivity contribution >= 4 is 27.9 Å². The van der Waals surface area contributed by atoms with Gasteiger partial charge in [0, 0.05) is 19.6 Å². The molecule has 0 aliphatic rings. The van der Waals surface area contributed by atoms with Crippen LogP contribution in [0.25, 0.3) is 0 Å². The van der Waals surface area contributed by atoms with Gasteiger partial charge < -0.3 is 20.7 Å². The van der Waals surface area contributed by atoms with Crippen molar-refractivity contribution in [3.63, 3.8) is 0 Å². The van der Waals surface area contributed by atoms with Crippen LogP contribution in [-0.2, 0) is 0 Å². The number of methoxy groups -OCH3 is 1. The number of ether oxygens (including phenoxy) is 1. The molecule has 0 atom stereocenters. The predicted octanol–water partition coefficient (Wildman–Crippen LogP) is 3.11. The number of rotatable bonds is 9. The highest BCUT2D eigenvalue weighted by Crippen LogP contribution is 2.44. The Bertz CT molecular complexity index is 454. The summed E-state index contributed by atoms with van der Waals surface area (Å²) in [6, 6.07) is 0. The molecule has 1 rings (SSSR count). The minimum atomic E-state index is -0.114. The molecule has 1 amide bonds. The van der Waals surface area contributed by atoms with Gasteiger partial charge in [-0.1, -0.05) is 20.8 Å². The van der Waals surface area contributed by atoms with Crippen LogP contribution in [0.2, 0.25) is 0 Å². The molecule has 0 saturated carbocycles. The first-order valence-electron chi connectivity index (χ1n) is 7.59. The second kappa shape index (κ2) is 8.77. The molecule has 1 heterocycles. The van der Waals surface area contributed by atoms with Crippen LogP contribution in [0.4, 0.5) is 10.7 Å². The van der Waals surface area contributed by atoms with E-state index in [9.17, 15) is 4.79 Å². The Morgan fingerprint density at radius 1 is 1.24 bits per heavy atom. The van der Waals surface area contributed by atoms with E-state index in [2.05, 4.69) is 24.1 Å². The van der Waals surface area contributed by atoms with Crippen LogP contribution < -0.4 is 20.7 Å². The van der Waals surface area contributed by atoms with Crippen LogP contribution in [0.3, 0.4) is 0 Å². The van der Waals surface area contributed by atoms with E-state index < -0.39 is 0 Å². The van der Waals surface area contributed by atoms with Gasteiger partial charge in [-0.05, 0) is 19.3 Å². The minimum absolute atomic E-state index is 0.114. The lowest BCUT2D eigenvalue weighted by Gasteiger charge is -2.22. The van der Waals surface area contributed by atoms with Crippen molar-refractivity contribution in [3.8, 4) is 5.75 Å². The number of nitrogen functional groups attached to an aromatic ring is 1. The van der Waals surface area contributed by atoms with Gasteiger partial charge in [0.15, 0.2) is 5.75 Å². The average molecular weight is 313 g/mol. The van der Waals surface area contributed by atoms with Crippen LogP contribution in [0.15, 0.2) is 0 Å². The van der Waals surface area contributed by atoms with Gasteiger partial charge in [-0.2, -0.15) is 0 Å². The first-order valence-corrected chi connectivity index (χ1v) is 8.41. The summed E-state index contributed by atoms with van der Waals surface area (Å²) in [5.74, 6) is 0.514. The summed E-state index contributed by atoms with van der Waals surface area (Å²) in [5, 5.41) is 3.83. The molecule has 1 aromatic rings. The maximum absolute atomic E-state index is 12.2. The second-order valence-electron chi connectivity index (χ2n) is 4.93. The first kappa shape index (κ1) is 17.6. The summed E-state index contributed by atoms with van der Waals surface area (Å²) in [7, 11) is 1.60. The van der Waals surface area contributed by atoms with Gasteiger partial charge >= 0.3 is 0 Å². The molecule has 0 aromatic carbocycles. The molecule has 120 valence electrons. The molecule has 0 fully saturated rings. The molecule has 0 aliphatic carbocycles. The normalized spacial score (nSPS) is 10.5. The van der Waals surface area contributed by atoms with Gasteiger partial charge in [0.05, 0.1) is 7.11 Å². The zero-order chi connectivity index (χ0) is 15.8. The van der Waals surface area contributed by atoms with Crippen molar-refractivity contribution in [3.05, 3.63) is 4.88 Å². The highest BCUT2D eigenvalue weighted by molar-refractivity contribution is 7.19. The molecule has 21 heavy (non-hydrogen) atoms. The molecule has 0 saturated heterocycles. The zero-order valence-corrected chi connectivity index (χ0v) is 14.3. The molecular weight excluding hydrogens is 286 g/mol. The molecule has 3 N–H and O–H groups in total. The van der Waals surface area contributed by atoms with Crippen molar-refractivity contribution in [2.24, 2.45) is 0 Å². The molecule has 5 nitrogen and oxygen atoms in total. The summed E-state index contributed by atoms with van der Waals surface area (Å²) in [6.07, 6.45) is 2.98. The average Bonchev–Trinajstić information content (AvgIpc) is 2.81. The molecule has 0 radical (unpaired) electrons. The maximum Gasteiger partial charge on any atom is 0.263 e. The smallest absolute Gasteiger partial charge is 0.263 e. The van der Waals surface area contributed by atoms with Crippen LogP contribution in [0.1, 0.15) is 49.7 Å². The number of hydrogen-bond acceptors (Lipinski definition) is 5. The highest BCUT2D eigenvalue weighted by atomic mass is 32.1. The molecule has 0 unspecified atom stereocenters. The third-order valence-electron chi connectivity index (χ3n) is 3.10. The number of anilines is 2. The topological polar surface area (TPSA) is 67.6 Å². The second-order valence-corrected chi connectivity index (χ2v) is 5.93. The lowest BCUT2D eigenvalue weighted by atomic mass is 10.3. The zero-order valence-electron chi connectivity index (χ0n) is 13.5. The summed E-state index contributed by atoms with van der Waals surface area (Å²) in [6.45, 7) is 8.82. The standard InChI is InChI=1S/C15H27N3O2S/c1-5-8-17-14(19)13-11(16)12(20-4)15(21-13)18(9-6-2)10-7-3/h5-10,16H2,1-4H3,(H,17,19). The van der Waals surface area contributed by atoms with Crippen molar-refractivity contribution < 1.29 is 9.53 Å². The van der Waals surface area contributed by atoms with Crippen molar-refractivity contribution in [2.45, 2.75) is 40.0 Å². The highest BCUT2D eigenvalue weighted by Gasteiger charge is 2.24. The van der Waals surface area contributed by atoms with Gasteiger partial charge in [-0.25, -0.2) is 0 Å². The van der Waals surface area contributed by atoms with E-state index in [1.165, 1.54) is 11.3 Å². The first-order chi connectivity index (χ1) is 10.1. The van der Waals surface area contributed by atoms with E-state index >= 15 is 0 Å². The van der Waals surface area contributed by atoms with Gasteiger partial charge in [-0.15, -0.1) is 11.3 Å². The monoisotopic (exact) mass is 313 g/mol. The molecule has 0 aliphatic heterocycles. The van der Waals surface area contributed by atoms with Gasteiger partial charge in [0.25, 0.3) is 5.91 Å². The number of nitrogens with one attached hydrogen (secondary N) is 1. The molecule has 1 aromatic heterocycles. The van der Waals surface area contributed by atoms with Crippen molar-refractivity contribution in [1.82, 2.24) is 5.32 Å². The van der Waals surface area contributed by atoms with Gasteiger partial charge in [0.2, 0.25) is 0 Å². The fraction of sp³-hybridized carbons (Fsp3) is 0.667. The number of thiophene rings is 1. The maximum atomic E-state index is 12.2. The molecule has 6 heteroatoms. The van der Waals surface area contributed by atoms with E-state index in [1.807, 2.05) is 6.92 Å². The Hall–Kier alpha value is -1.43. The Kier molecular flexibility index (Phi) is 7.36. The quantitative estimate of drug-likeness (QED) is 0.735. The van der Waals surface area contributed by atoms with Crippen LogP contribution in [-0.4, -0.2) is 32.7 Å². The molecular formula is C15H27N3O2S. The van der Waals surface area contributed by atoms with Crippen LogP contribution in [0.5, 0.6) is 5.75 Å². The van der Waals surface area contributed by atoms with E-state index in [-0.39, 0.29) is 5.91 Å². The van der Waals surface area contributed by atoms with Gasteiger partial charge in [0.1, 0.15) is 15.6 Å². The lowest BCUT2D eigenvalue weighted by molar-refractivity contribution is 0.0958. The van der Waals surface area contributed by atoms with Crippen LogP contribution >= 0.6 is 11.3 Å². The number of nitrogens with zero attached hydrogens (tertiary/aromatic N) is 1. The predicted molar refractivity (Wildman–Crippen MR) is 90.7 cm³/mol. The summed E-state index contributed by atoms with van der Waals surface area (Å²) in [4.78, 5) is 15.0. The number of amides is 1. The molecule has 0 bridgehead atoms. The summed E-state index contributed by atoms with van der Waals surface area (Å²) >= 11 is 1.42. The van der Waals surface area contributed by atoms with Gasteiger partial charge in [-0.3, -0.25) is 4.79 Å². The number of carbonyl (C=O) groups excluding carboxylic acids is 1. The number of hydrogen-bond donors (Lipinski definition) is 2. The number of nitrogens with two attached hydrogens (primary N) is 1. The minimum Gasteiger partial charge on any atom is -0.492 e. The SMILES string of the molecule is CCCNC(=O)c1sc(N(CCC)CCC)c(OC)c1N. The van der Waals surface area contributed by atoms with E-state index in [4.69, 9.17) is 10.5 Å². The van der Waals surface area contributed by atoms with Crippen LogP contribution in [0, 0.1) is 0 Å². The van der Waals surface area contributed by atoms with E-state index in [0.29, 0.717) is 22.9 Å². The third-order valence-corrected chi connectivity index (χ3v) is 4.35. The largest absolute Gasteiger partial charge is 0.492 e. The molecule has 0 spiro atoms. The fourth-order valence-electron chi connectivity index (χ4n) is 2.16. The Morgan fingerprint density at radius 2 is 1.86 bits per heavy atom. The Balaban J connectivity index is 3.11. The Morgan fingerprint density at radius 3 is 2.33 bits per heavy atom. The van der Waals surface area contributed by atoms with Crippen molar-refractivity contribution in [2.75, 3.05) is 37.4 Å². The van der Waals surface area contributed by atoms with Crippen molar-refractivity contribution in [1.29, 1.82) is 0 Å². The van der Waals surface area contributed by atoms with E-state index in [1.54, 1.807) is 7.11 Å². The fourth-order valence-corrected chi connectivity index (χ4v) is 3.32. The summed E-state index contributed by atoms with van der Waals surface area (Å²) in [5.41, 5.74) is 6.56. The summed E-state index contributed by atoms with van der Waals surface area (Å²) < 4.78 is 5.45. The third kappa shape index (κ3) is 4.27. The van der Waals surface area contributed by atoms with E-state index in [0.717, 1.165) is 37.4 Å². The lowest BCUT2D eigenvalue weighted by Crippen LogP contribution is -2.24.